The molecular formula is C45H42ClF2N7O7. The molecule has 0 radical (unpaired) electrons. The van der Waals surface area contributed by atoms with Crippen LogP contribution in [0.15, 0.2) is 67.0 Å². The molecule has 0 saturated carbocycles. The number of fused-ring (bicyclic) bond motifs is 2. The fourth-order valence-electron chi connectivity index (χ4n) is 8.97. The van der Waals surface area contributed by atoms with E-state index in [-0.39, 0.29) is 97.4 Å². The zero-order valence-electron chi connectivity index (χ0n) is 33.7. The van der Waals surface area contributed by atoms with Gasteiger partial charge in [-0.05, 0) is 49.1 Å². The van der Waals surface area contributed by atoms with Crippen LogP contribution >= 0.6 is 11.6 Å². The van der Waals surface area contributed by atoms with Gasteiger partial charge in [-0.15, -0.1) is 5.10 Å². The number of nitrogens with zero attached hydrogens (tertiary/aromatic N) is 5. The standard InChI is InChI=1S/C45H42ClF2N7O7/c1-2-34(56)30-22-50-43(41(48)39(30)38-29-21-45(36-9-6-14-49-36,27-7-4-3-5-8-27)62-35(29)20-31(47)40(38)46)61-18-17-60-16-15-54-24-32(52-53-54)25-10-11-28-26(19-25)23-55(44(28)59)33-12-13-37(57)51-42(33)58/h3-5,7-8,10-11,19-20,22,24,33,36,49H,2,6,9,12-18,21,23H2,1H3,(H,51,57,58)/t33?,36-,45-/m0/s1. The van der Waals surface area contributed by atoms with E-state index in [9.17, 15) is 19.2 Å². The summed E-state index contributed by atoms with van der Waals surface area (Å²) in [6.07, 6.45) is 5.46. The summed E-state index contributed by atoms with van der Waals surface area (Å²) >= 11 is 6.72. The van der Waals surface area contributed by atoms with Crippen molar-refractivity contribution in [3.05, 3.63) is 111 Å². The quantitative estimate of drug-likeness (QED) is 0.0768. The van der Waals surface area contributed by atoms with Crippen molar-refractivity contribution in [3.8, 4) is 34.0 Å². The van der Waals surface area contributed by atoms with E-state index in [2.05, 4.69) is 25.9 Å². The van der Waals surface area contributed by atoms with Crippen LogP contribution in [0, 0.1) is 11.6 Å². The van der Waals surface area contributed by atoms with Crippen molar-refractivity contribution >= 4 is 35.1 Å². The lowest BCUT2D eigenvalue weighted by Crippen LogP contribution is -2.52. The smallest absolute Gasteiger partial charge is 0.255 e. The van der Waals surface area contributed by atoms with Crippen LogP contribution in [-0.4, -0.2) is 86.8 Å². The Morgan fingerprint density at radius 2 is 1.89 bits per heavy atom. The molecule has 4 aliphatic heterocycles. The van der Waals surface area contributed by atoms with Crippen LogP contribution < -0.4 is 20.1 Å². The summed E-state index contributed by atoms with van der Waals surface area (Å²) < 4.78 is 52.4. The van der Waals surface area contributed by atoms with Gasteiger partial charge in [0.05, 0.1) is 37.0 Å². The molecule has 2 aromatic heterocycles. The molecule has 2 N–H and O–H groups in total. The van der Waals surface area contributed by atoms with Gasteiger partial charge >= 0.3 is 0 Å². The number of carbonyl (C=O) groups is 4. The van der Waals surface area contributed by atoms with E-state index in [1.807, 2.05) is 36.4 Å². The van der Waals surface area contributed by atoms with Gasteiger partial charge in [0.1, 0.15) is 29.9 Å². The Balaban J connectivity index is 0.865. The molecule has 3 atom stereocenters. The van der Waals surface area contributed by atoms with Crippen molar-refractivity contribution in [1.82, 2.24) is 35.5 Å². The third-order valence-electron chi connectivity index (χ3n) is 12.1. The predicted molar refractivity (Wildman–Crippen MR) is 221 cm³/mol. The van der Waals surface area contributed by atoms with Gasteiger partial charge in [-0.1, -0.05) is 60.1 Å². The van der Waals surface area contributed by atoms with Crippen LogP contribution in [-0.2, 0) is 39.4 Å². The lowest BCUT2D eigenvalue weighted by molar-refractivity contribution is -0.136. The Kier molecular flexibility index (Phi) is 11.3. The van der Waals surface area contributed by atoms with E-state index in [1.165, 1.54) is 17.2 Å². The number of aromatic nitrogens is 4. The minimum Gasteiger partial charge on any atom is -0.480 e. The number of rotatable bonds is 14. The van der Waals surface area contributed by atoms with Gasteiger partial charge in [0.2, 0.25) is 11.8 Å². The summed E-state index contributed by atoms with van der Waals surface area (Å²) in [6.45, 7) is 3.17. The average molecular weight is 866 g/mol. The van der Waals surface area contributed by atoms with Crippen molar-refractivity contribution in [2.45, 2.75) is 76.2 Å². The van der Waals surface area contributed by atoms with E-state index in [1.54, 1.807) is 29.9 Å². The van der Waals surface area contributed by atoms with E-state index in [0.717, 1.165) is 36.1 Å². The molecule has 3 amide bonds. The highest BCUT2D eigenvalue weighted by Gasteiger charge is 2.50. The van der Waals surface area contributed by atoms with Gasteiger partial charge in [-0.3, -0.25) is 24.5 Å². The summed E-state index contributed by atoms with van der Waals surface area (Å²) in [4.78, 5) is 56.1. The largest absolute Gasteiger partial charge is 0.480 e. The normalized spacial score (nSPS) is 20.6. The van der Waals surface area contributed by atoms with Crippen molar-refractivity contribution < 1.29 is 42.2 Å². The number of amides is 3. The zero-order valence-corrected chi connectivity index (χ0v) is 34.5. The van der Waals surface area contributed by atoms with Gasteiger partial charge < -0.3 is 24.4 Å². The minimum absolute atomic E-state index is 0.0325. The fraction of sp³-hybridized carbons (Fsp3) is 0.356. The van der Waals surface area contributed by atoms with Crippen molar-refractivity contribution in [2.24, 2.45) is 0 Å². The second-order valence-corrected chi connectivity index (χ2v) is 16.1. The summed E-state index contributed by atoms with van der Waals surface area (Å²) in [5.41, 5.74) is 2.78. The third-order valence-corrected chi connectivity index (χ3v) is 12.4. The van der Waals surface area contributed by atoms with Crippen molar-refractivity contribution in [1.29, 1.82) is 0 Å². The van der Waals surface area contributed by atoms with E-state index in [0.29, 0.717) is 23.4 Å². The van der Waals surface area contributed by atoms with E-state index < -0.39 is 40.8 Å². The Labute approximate surface area is 359 Å². The number of pyridine rings is 1. The summed E-state index contributed by atoms with van der Waals surface area (Å²) in [6, 6.07) is 15.4. The molecule has 2 saturated heterocycles. The number of nitrogens with one attached hydrogen (secondary N) is 2. The van der Waals surface area contributed by atoms with Crippen molar-refractivity contribution in [3.63, 3.8) is 0 Å². The highest BCUT2D eigenvalue weighted by atomic mass is 35.5. The Morgan fingerprint density at radius 1 is 1.05 bits per heavy atom. The lowest BCUT2D eigenvalue weighted by atomic mass is 9.80. The second-order valence-electron chi connectivity index (χ2n) is 15.7. The molecule has 14 nitrogen and oxygen atoms in total. The molecule has 2 fully saturated rings. The number of piperidine rings is 1. The molecule has 3 aromatic carbocycles. The molecule has 4 aliphatic rings. The highest BCUT2D eigenvalue weighted by Crippen LogP contribution is 2.52. The van der Waals surface area contributed by atoms with Crippen LogP contribution in [0.5, 0.6) is 11.6 Å². The molecule has 62 heavy (non-hydrogen) atoms. The Morgan fingerprint density at radius 3 is 2.66 bits per heavy atom. The number of carbonyl (C=O) groups excluding carboxylic acids is 4. The number of benzene rings is 3. The minimum atomic E-state index is -0.954. The third kappa shape index (κ3) is 7.49. The number of Topliss-reactive ketones (excluding diaryl/α,β-unsaturated/α-hetero) is 1. The molecule has 0 aliphatic carbocycles. The van der Waals surface area contributed by atoms with Crippen LogP contribution in [0.4, 0.5) is 8.78 Å². The van der Waals surface area contributed by atoms with Crippen LogP contribution in [0.3, 0.4) is 0 Å². The van der Waals surface area contributed by atoms with Crippen LogP contribution in [0.1, 0.15) is 76.4 Å². The first kappa shape index (κ1) is 41.3. The Hall–Kier alpha value is -6.10. The zero-order chi connectivity index (χ0) is 43.1. The number of halogens is 3. The number of ketones is 1. The molecule has 5 aromatic rings. The maximum Gasteiger partial charge on any atom is 0.255 e. The average Bonchev–Trinajstić information content (AvgIpc) is 4.11. The SMILES string of the molecule is CCC(=O)c1cnc(OCCOCCn2cc(-c3ccc4c(c3)CN(C3CCC(=O)NC3=O)C4=O)nn2)c(F)c1-c1c(Cl)c(F)cc2c1C[C@](c1ccccc1)([C@@H]1CCCN1)O2. The lowest BCUT2D eigenvalue weighted by Gasteiger charge is -2.35. The number of hydrogen-bond acceptors (Lipinski definition) is 11. The van der Waals surface area contributed by atoms with Gasteiger partial charge in [0.25, 0.3) is 11.8 Å². The molecule has 17 heteroatoms. The molecular weight excluding hydrogens is 824 g/mol. The molecule has 0 bridgehead atoms. The van der Waals surface area contributed by atoms with Gasteiger partial charge in [0.15, 0.2) is 17.2 Å². The van der Waals surface area contributed by atoms with Crippen LogP contribution in [0.25, 0.3) is 22.4 Å². The van der Waals surface area contributed by atoms with E-state index >= 15 is 8.78 Å². The van der Waals surface area contributed by atoms with Crippen LogP contribution in [0.2, 0.25) is 5.02 Å². The molecule has 9 rings (SSSR count). The first-order valence-corrected chi connectivity index (χ1v) is 21.0. The summed E-state index contributed by atoms with van der Waals surface area (Å²) in [7, 11) is 0. The summed E-state index contributed by atoms with van der Waals surface area (Å²) in [5.74, 6) is -3.41. The van der Waals surface area contributed by atoms with Crippen molar-refractivity contribution in [2.75, 3.05) is 26.4 Å². The monoisotopic (exact) mass is 865 g/mol. The first-order chi connectivity index (χ1) is 30.1. The van der Waals surface area contributed by atoms with Gasteiger partial charge in [0, 0.05) is 71.5 Å². The predicted octanol–water partition coefficient (Wildman–Crippen LogP) is 5.97. The number of imide groups is 1. The second kappa shape index (κ2) is 17.0. The molecule has 0 spiro atoms. The van der Waals surface area contributed by atoms with E-state index in [4.69, 9.17) is 25.8 Å². The highest BCUT2D eigenvalue weighted by molar-refractivity contribution is 6.34. The Bertz CT molecular complexity index is 2600. The van der Waals surface area contributed by atoms with Gasteiger partial charge in [-0.25, -0.2) is 18.4 Å². The molecule has 6 heterocycles. The first-order valence-electron chi connectivity index (χ1n) is 20.7. The van der Waals surface area contributed by atoms with Gasteiger partial charge in [-0.2, -0.15) is 0 Å². The number of hydrogen-bond donors (Lipinski definition) is 2. The topological polar surface area (TPSA) is 167 Å². The molecule has 1 unspecified atom stereocenters. The number of ether oxygens (including phenoxy) is 3. The fourth-order valence-corrected chi connectivity index (χ4v) is 9.23. The summed E-state index contributed by atoms with van der Waals surface area (Å²) in [5, 5.41) is 14.0. The molecule has 320 valence electrons. The maximum atomic E-state index is 16.8. The maximum absolute atomic E-state index is 16.8.